The second-order valence-electron chi connectivity index (χ2n) is 7.93. The van der Waals surface area contributed by atoms with Crippen LogP contribution >= 0.6 is 0 Å². The number of amides is 1. The summed E-state index contributed by atoms with van der Waals surface area (Å²) >= 11 is 0. The van der Waals surface area contributed by atoms with Gasteiger partial charge < -0.3 is 4.74 Å². The van der Waals surface area contributed by atoms with E-state index in [0.717, 1.165) is 17.7 Å². The van der Waals surface area contributed by atoms with Crippen LogP contribution in [0.15, 0.2) is 48.8 Å². The Morgan fingerprint density at radius 2 is 2.00 bits per heavy atom. The number of carbonyl (C=O) groups is 1. The molecule has 1 amide bonds. The third kappa shape index (κ3) is 4.54. The molecule has 1 atom stereocenters. The van der Waals surface area contributed by atoms with Crippen molar-refractivity contribution in [3.05, 3.63) is 59.9 Å². The van der Waals surface area contributed by atoms with Gasteiger partial charge in [0.05, 0.1) is 18.4 Å². The monoisotopic (exact) mass is 353 g/mol. The highest BCUT2D eigenvalue weighted by Gasteiger charge is 2.29. The van der Waals surface area contributed by atoms with Crippen LogP contribution in [0.3, 0.4) is 0 Å². The molecule has 1 unspecified atom stereocenters. The van der Waals surface area contributed by atoms with Gasteiger partial charge in [0.25, 0.3) is 0 Å². The topological polar surface area (TPSA) is 47.4 Å². The summed E-state index contributed by atoms with van der Waals surface area (Å²) in [5.41, 5.74) is 2.51. The fourth-order valence-electron chi connectivity index (χ4n) is 3.02. The zero-order valence-corrected chi connectivity index (χ0v) is 16.0. The van der Waals surface area contributed by atoms with Gasteiger partial charge in [0.15, 0.2) is 0 Å². The number of allylic oxidation sites excluding steroid dienone is 1. The van der Waals surface area contributed by atoms with Crippen LogP contribution in [0, 0.1) is 5.92 Å². The normalized spacial score (nSPS) is 17.8. The first-order chi connectivity index (χ1) is 12.3. The first-order valence-corrected chi connectivity index (χ1v) is 9.09. The van der Waals surface area contributed by atoms with Crippen LogP contribution in [-0.2, 0) is 11.3 Å². The summed E-state index contributed by atoms with van der Waals surface area (Å²) in [6.45, 7) is 9.17. The zero-order chi connectivity index (χ0) is 18.7. The number of hydrogen-bond donors (Lipinski definition) is 0. The molecule has 1 aromatic heterocycles. The molecular weight excluding hydrogens is 326 g/mol. The summed E-state index contributed by atoms with van der Waals surface area (Å²) in [6.07, 6.45) is 6.57. The van der Waals surface area contributed by atoms with Gasteiger partial charge in [0, 0.05) is 18.3 Å². The zero-order valence-electron chi connectivity index (χ0n) is 16.0. The highest BCUT2D eigenvalue weighted by Crippen LogP contribution is 2.29. The first-order valence-electron chi connectivity index (χ1n) is 9.09. The molecule has 2 aromatic rings. The van der Waals surface area contributed by atoms with Crippen molar-refractivity contribution < 1.29 is 9.53 Å². The Morgan fingerprint density at radius 1 is 1.27 bits per heavy atom. The molecule has 0 bridgehead atoms. The van der Waals surface area contributed by atoms with E-state index in [1.165, 1.54) is 5.56 Å². The molecular formula is C21H27N3O2. The van der Waals surface area contributed by atoms with Gasteiger partial charge in [0.2, 0.25) is 0 Å². The SMILES string of the molecule is CC1CC=C(c2cnn(Cc3ccccc3)c2)N(C(=O)OC(C)(C)C)C1. The number of rotatable bonds is 3. The number of carbonyl (C=O) groups excluding carboxylic acids is 1. The van der Waals surface area contributed by atoms with Crippen molar-refractivity contribution in [3.63, 3.8) is 0 Å². The maximum atomic E-state index is 12.7. The number of benzene rings is 1. The van der Waals surface area contributed by atoms with Crippen molar-refractivity contribution in [2.75, 3.05) is 6.54 Å². The molecule has 5 heteroatoms. The highest BCUT2D eigenvalue weighted by molar-refractivity contribution is 5.82. The van der Waals surface area contributed by atoms with E-state index < -0.39 is 5.60 Å². The molecule has 138 valence electrons. The third-order valence-electron chi connectivity index (χ3n) is 4.23. The predicted octanol–water partition coefficient (Wildman–Crippen LogP) is 4.55. The Labute approximate surface area is 155 Å². The second-order valence-corrected chi connectivity index (χ2v) is 7.93. The van der Waals surface area contributed by atoms with E-state index in [0.29, 0.717) is 19.0 Å². The van der Waals surface area contributed by atoms with Crippen molar-refractivity contribution in [2.45, 2.75) is 46.3 Å². The smallest absolute Gasteiger partial charge is 0.414 e. The maximum absolute atomic E-state index is 12.7. The van der Waals surface area contributed by atoms with Crippen molar-refractivity contribution in [2.24, 2.45) is 5.92 Å². The summed E-state index contributed by atoms with van der Waals surface area (Å²) in [6, 6.07) is 10.2. The fourth-order valence-corrected chi connectivity index (χ4v) is 3.02. The number of ether oxygens (including phenoxy) is 1. The molecule has 0 N–H and O–H groups in total. The van der Waals surface area contributed by atoms with Crippen molar-refractivity contribution in [1.29, 1.82) is 0 Å². The Hall–Kier alpha value is -2.56. The van der Waals surface area contributed by atoms with Crippen LogP contribution in [0.4, 0.5) is 4.79 Å². The molecule has 0 radical (unpaired) electrons. The van der Waals surface area contributed by atoms with Crippen LogP contribution in [0.5, 0.6) is 0 Å². The predicted molar refractivity (Wildman–Crippen MR) is 102 cm³/mol. The van der Waals surface area contributed by atoms with E-state index in [2.05, 4.69) is 30.2 Å². The second kappa shape index (κ2) is 7.36. The Balaban J connectivity index is 1.80. The van der Waals surface area contributed by atoms with Crippen LogP contribution in [-0.4, -0.2) is 32.9 Å². The molecule has 0 aliphatic carbocycles. The quantitative estimate of drug-likeness (QED) is 0.813. The van der Waals surface area contributed by atoms with E-state index in [1.807, 2.05) is 56.0 Å². The standard InChI is InChI=1S/C21H27N3O2/c1-16-10-11-19(24(13-16)20(25)26-21(2,3)4)18-12-22-23(15-18)14-17-8-6-5-7-9-17/h5-9,11-12,15-16H,10,13-14H2,1-4H3. The van der Waals surface area contributed by atoms with E-state index in [1.54, 1.807) is 4.90 Å². The van der Waals surface area contributed by atoms with E-state index in [9.17, 15) is 4.79 Å². The molecule has 0 spiro atoms. The van der Waals surface area contributed by atoms with Crippen molar-refractivity contribution in [1.82, 2.24) is 14.7 Å². The van der Waals surface area contributed by atoms with E-state index in [4.69, 9.17) is 4.74 Å². The van der Waals surface area contributed by atoms with Gasteiger partial charge in [-0.1, -0.05) is 43.3 Å². The molecule has 5 nitrogen and oxygen atoms in total. The minimum absolute atomic E-state index is 0.300. The molecule has 1 aliphatic rings. The van der Waals surface area contributed by atoms with E-state index in [-0.39, 0.29) is 6.09 Å². The van der Waals surface area contributed by atoms with Crippen LogP contribution < -0.4 is 0 Å². The van der Waals surface area contributed by atoms with Crippen molar-refractivity contribution >= 4 is 11.8 Å². The molecule has 0 fully saturated rings. The van der Waals surface area contributed by atoms with Gasteiger partial charge in [-0.3, -0.25) is 9.58 Å². The number of hydrogen-bond acceptors (Lipinski definition) is 3. The largest absolute Gasteiger partial charge is 0.443 e. The lowest BCUT2D eigenvalue weighted by Gasteiger charge is -2.33. The average Bonchev–Trinajstić information content (AvgIpc) is 3.02. The lowest BCUT2D eigenvalue weighted by Crippen LogP contribution is -2.39. The van der Waals surface area contributed by atoms with Crippen molar-refractivity contribution in [3.8, 4) is 0 Å². The summed E-state index contributed by atoms with van der Waals surface area (Å²) in [5, 5.41) is 4.47. The summed E-state index contributed by atoms with van der Waals surface area (Å²) in [7, 11) is 0. The highest BCUT2D eigenvalue weighted by atomic mass is 16.6. The summed E-state index contributed by atoms with van der Waals surface area (Å²) in [4.78, 5) is 14.4. The maximum Gasteiger partial charge on any atom is 0.414 e. The fraction of sp³-hybridized carbons (Fsp3) is 0.429. The molecule has 0 saturated heterocycles. The van der Waals surface area contributed by atoms with Gasteiger partial charge in [0.1, 0.15) is 5.60 Å². The van der Waals surface area contributed by atoms with Gasteiger partial charge in [-0.15, -0.1) is 0 Å². The van der Waals surface area contributed by atoms with Gasteiger partial charge in [-0.25, -0.2) is 4.79 Å². The number of aromatic nitrogens is 2. The third-order valence-corrected chi connectivity index (χ3v) is 4.23. The van der Waals surface area contributed by atoms with Gasteiger partial charge in [-0.2, -0.15) is 5.10 Å². The minimum atomic E-state index is -0.514. The summed E-state index contributed by atoms with van der Waals surface area (Å²) in [5.74, 6) is 0.408. The summed E-state index contributed by atoms with van der Waals surface area (Å²) < 4.78 is 7.50. The Morgan fingerprint density at radius 3 is 2.69 bits per heavy atom. The lowest BCUT2D eigenvalue weighted by molar-refractivity contribution is 0.0327. The van der Waals surface area contributed by atoms with Crippen LogP contribution in [0.2, 0.25) is 0 Å². The average molecular weight is 353 g/mol. The van der Waals surface area contributed by atoms with Gasteiger partial charge >= 0.3 is 6.09 Å². The minimum Gasteiger partial charge on any atom is -0.443 e. The van der Waals surface area contributed by atoms with Crippen LogP contribution in [0.1, 0.15) is 45.2 Å². The molecule has 26 heavy (non-hydrogen) atoms. The molecule has 0 saturated carbocycles. The molecule has 2 heterocycles. The molecule has 1 aromatic carbocycles. The van der Waals surface area contributed by atoms with Gasteiger partial charge in [-0.05, 0) is 38.7 Å². The Kier molecular flexibility index (Phi) is 5.16. The number of nitrogens with zero attached hydrogens (tertiary/aromatic N) is 3. The molecule has 3 rings (SSSR count). The Bertz CT molecular complexity index is 787. The van der Waals surface area contributed by atoms with Crippen LogP contribution in [0.25, 0.3) is 5.70 Å². The first kappa shape index (κ1) is 18.2. The lowest BCUT2D eigenvalue weighted by atomic mass is 10.00. The van der Waals surface area contributed by atoms with E-state index >= 15 is 0 Å². The molecule has 1 aliphatic heterocycles.